The predicted octanol–water partition coefficient (Wildman–Crippen LogP) is 1.44. The summed E-state index contributed by atoms with van der Waals surface area (Å²) < 4.78 is 11.3. The van der Waals surface area contributed by atoms with E-state index in [2.05, 4.69) is 0 Å². The first-order valence-electron chi connectivity index (χ1n) is 6.86. The van der Waals surface area contributed by atoms with Gasteiger partial charge in [0.15, 0.2) is 0 Å². The molecule has 110 valence electrons. The molecule has 0 aliphatic rings. The maximum Gasteiger partial charge on any atom is 0.488 e. The van der Waals surface area contributed by atoms with Crippen LogP contribution in [0.2, 0.25) is 0 Å². The van der Waals surface area contributed by atoms with E-state index in [1.165, 1.54) is 0 Å². The Balaban J connectivity index is 1.82. The zero-order valence-corrected chi connectivity index (χ0v) is 12.2. The van der Waals surface area contributed by atoms with Crippen LogP contribution >= 0.6 is 0 Å². The molecule has 0 saturated heterocycles. The molecule has 0 aromatic heterocycles. The molecule has 0 aliphatic heterocycles. The highest BCUT2D eigenvalue weighted by Gasteiger charge is 2.09. The van der Waals surface area contributed by atoms with Crippen molar-refractivity contribution in [3.63, 3.8) is 0 Å². The first-order valence-corrected chi connectivity index (χ1v) is 6.86. The number of hydrogen-bond acceptors (Lipinski definition) is 4. The average Bonchev–Trinajstić information content (AvgIpc) is 2.46. The Kier molecular flexibility index (Phi) is 5.25. The summed E-state index contributed by atoms with van der Waals surface area (Å²) in [6.45, 7) is 4.91. The van der Waals surface area contributed by atoms with Crippen molar-refractivity contribution in [3.05, 3.63) is 53.6 Å². The van der Waals surface area contributed by atoms with E-state index in [9.17, 15) is 0 Å². The fourth-order valence-electron chi connectivity index (χ4n) is 2.07. The van der Waals surface area contributed by atoms with Crippen molar-refractivity contribution in [2.24, 2.45) is 0 Å². The van der Waals surface area contributed by atoms with Crippen molar-refractivity contribution < 1.29 is 19.5 Å². The fourth-order valence-corrected chi connectivity index (χ4v) is 2.07. The number of aryl methyl sites for hydroxylation is 2. The van der Waals surface area contributed by atoms with Crippen molar-refractivity contribution in [1.82, 2.24) is 0 Å². The summed E-state index contributed by atoms with van der Waals surface area (Å²) in [5, 5.41) is 18.0. The maximum absolute atomic E-state index is 9.00. The number of para-hydroxylation sites is 1. The van der Waals surface area contributed by atoms with Gasteiger partial charge in [-0.1, -0.05) is 30.3 Å². The zero-order chi connectivity index (χ0) is 15.2. The van der Waals surface area contributed by atoms with Crippen LogP contribution in [-0.4, -0.2) is 30.4 Å². The predicted molar refractivity (Wildman–Crippen MR) is 83.2 cm³/mol. The van der Waals surface area contributed by atoms with Crippen LogP contribution < -0.4 is 14.9 Å². The van der Waals surface area contributed by atoms with Gasteiger partial charge in [-0.05, 0) is 42.6 Å². The SMILES string of the molecule is Cc1cccc(C)c1OCCOc1ccc(B(O)O)cc1. The second-order valence-corrected chi connectivity index (χ2v) is 4.86. The van der Waals surface area contributed by atoms with Gasteiger partial charge < -0.3 is 19.5 Å². The van der Waals surface area contributed by atoms with Crippen LogP contribution in [0.4, 0.5) is 0 Å². The number of rotatable bonds is 6. The van der Waals surface area contributed by atoms with Gasteiger partial charge in [0.1, 0.15) is 24.7 Å². The molecular formula is C16H19BO4. The molecule has 0 heterocycles. The van der Waals surface area contributed by atoms with E-state index in [4.69, 9.17) is 19.5 Å². The van der Waals surface area contributed by atoms with E-state index in [-0.39, 0.29) is 0 Å². The van der Waals surface area contributed by atoms with Gasteiger partial charge >= 0.3 is 7.12 Å². The molecule has 2 rings (SSSR count). The third-order valence-electron chi connectivity index (χ3n) is 3.19. The van der Waals surface area contributed by atoms with Crippen molar-refractivity contribution >= 4 is 12.6 Å². The Hall–Kier alpha value is -1.98. The van der Waals surface area contributed by atoms with Crippen molar-refractivity contribution in [1.29, 1.82) is 0 Å². The molecule has 2 aromatic rings. The fraction of sp³-hybridized carbons (Fsp3) is 0.250. The standard InChI is InChI=1S/C16H19BO4/c1-12-4-3-5-13(2)16(12)21-11-10-20-15-8-6-14(7-9-15)17(18)19/h3-9,18-19H,10-11H2,1-2H3. The molecular weight excluding hydrogens is 267 g/mol. The first-order chi connectivity index (χ1) is 10.1. The van der Waals surface area contributed by atoms with Gasteiger partial charge in [0.25, 0.3) is 0 Å². The van der Waals surface area contributed by atoms with Crippen LogP contribution in [0, 0.1) is 13.8 Å². The Morgan fingerprint density at radius 3 is 2.00 bits per heavy atom. The minimum Gasteiger partial charge on any atom is -0.490 e. The molecule has 2 aromatic carbocycles. The Bertz CT molecular complexity index is 561. The third-order valence-corrected chi connectivity index (χ3v) is 3.19. The molecule has 0 fully saturated rings. The highest BCUT2D eigenvalue weighted by molar-refractivity contribution is 6.58. The lowest BCUT2D eigenvalue weighted by Gasteiger charge is -2.12. The molecule has 0 aliphatic carbocycles. The maximum atomic E-state index is 9.00. The summed E-state index contributed by atoms with van der Waals surface area (Å²) in [6.07, 6.45) is 0. The van der Waals surface area contributed by atoms with Crippen molar-refractivity contribution in [2.75, 3.05) is 13.2 Å². The largest absolute Gasteiger partial charge is 0.490 e. The lowest BCUT2D eigenvalue weighted by atomic mass is 9.80. The van der Waals surface area contributed by atoms with E-state index in [0.29, 0.717) is 24.4 Å². The monoisotopic (exact) mass is 286 g/mol. The Morgan fingerprint density at radius 1 is 0.857 bits per heavy atom. The van der Waals surface area contributed by atoms with Crippen LogP contribution in [0.3, 0.4) is 0 Å². The first kappa shape index (κ1) is 15.4. The second kappa shape index (κ2) is 7.15. The van der Waals surface area contributed by atoms with Crippen molar-refractivity contribution in [3.8, 4) is 11.5 Å². The lowest BCUT2D eigenvalue weighted by molar-refractivity contribution is 0.215. The van der Waals surface area contributed by atoms with E-state index in [1.807, 2.05) is 32.0 Å². The Labute approximate surface area is 125 Å². The highest BCUT2D eigenvalue weighted by atomic mass is 16.5. The molecule has 4 nitrogen and oxygen atoms in total. The van der Waals surface area contributed by atoms with Gasteiger partial charge in [-0.3, -0.25) is 0 Å². The van der Waals surface area contributed by atoms with E-state index < -0.39 is 7.12 Å². The molecule has 0 spiro atoms. The summed E-state index contributed by atoms with van der Waals surface area (Å²) in [6, 6.07) is 12.7. The molecule has 0 radical (unpaired) electrons. The van der Waals surface area contributed by atoms with E-state index in [1.54, 1.807) is 24.3 Å². The van der Waals surface area contributed by atoms with E-state index in [0.717, 1.165) is 16.9 Å². The molecule has 0 unspecified atom stereocenters. The minimum atomic E-state index is -1.45. The van der Waals surface area contributed by atoms with Crippen LogP contribution in [0.1, 0.15) is 11.1 Å². The summed E-state index contributed by atoms with van der Waals surface area (Å²) in [7, 11) is -1.45. The molecule has 0 saturated carbocycles. The molecule has 0 bridgehead atoms. The van der Waals surface area contributed by atoms with Gasteiger partial charge in [-0.2, -0.15) is 0 Å². The molecule has 5 heteroatoms. The quantitative estimate of drug-likeness (QED) is 0.623. The van der Waals surface area contributed by atoms with Gasteiger partial charge in [-0.15, -0.1) is 0 Å². The minimum absolute atomic E-state index is 0.425. The molecule has 0 atom stereocenters. The van der Waals surface area contributed by atoms with Gasteiger partial charge in [-0.25, -0.2) is 0 Å². The smallest absolute Gasteiger partial charge is 0.488 e. The van der Waals surface area contributed by atoms with Crippen LogP contribution in [0.15, 0.2) is 42.5 Å². The number of hydrogen-bond donors (Lipinski definition) is 2. The summed E-state index contributed by atoms with van der Waals surface area (Å²) in [5.74, 6) is 1.57. The summed E-state index contributed by atoms with van der Waals surface area (Å²) >= 11 is 0. The normalized spacial score (nSPS) is 10.3. The average molecular weight is 286 g/mol. The lowest BCUT2D eigenvalue weighted by Crippen LogP contribution is -2.29. The summed E-state index contributed by atoms with van der Waals surface area (Å²) in [4.78, 5) is 0. The topological polar surface area (TPSA) is 58.9 Å². The molecule has 0 amide bonds. The highest BCUT2D eigenvalue weighted by Crippen LogP contribution is 2.22. The van der Waals surface area contributed by atoms with Gasteiger partial charge in [0.2, 0.25) is 0 Å². The van der Waals surface area contributed by atoms with Gasteiger partial charge in [0.05, 0.1) is 0 Å². The number of ether oxygens (including phenoxy) is 2. The molecule has 21 heavy (non-hydrogen) atoms. The number of benzene rings is 2. The zero-order valence-electron chi connectivity index (χ0n) is 12.2. The third kappa shape index (κ3) is 4.24. The molecule has 2 N–H and O–H groups in total. The summed E-state index contributed by atoms with van der Waals surface area (Å²) in [5.41, 5.74) is 2.65. The Morgan fingerprint density at radius 2 is 1.43 bits per heavy atom. The van der Waals surface area contributed by atoms with E-state index >= 15 is 0 Å². The van der Waals surface area contributed by atoms with Crippen molar-refractivity contribution in [2.45, 2.75) is 13.8 Å². The van der Waals surface area contributed by atoms with Crippen LogP contribution in [0.5, 0.6) is 11.5 Å². The van der Waals surface area contributed by atoms with Crippen LogP contribution in [-0.2, 0) is 0 Å². The van der Waals surface area contributed by atoms with Crippen LogP contribution in [0.25, 0.3) is 0 Å². The second-order valence-electron chi connectivity index (χ2n) is 4.86. The van der Waals surface area contributed by atoms with Gasteiger partial charge in [0, 0.05) is 0 Å².